The zero-order valence-corrected chi connectivity index (χ0v) is 8.20. The van der Waals surface area contributed by atoms with Crippen molar-refractivity contribution in [3.05, 3.63) is 36.5 Å². The van der Waals surface area contributed by atoms with E-state index in [4.69, 9.17) is 10.0 Å². The van der Waals surface area contributed by atoms with Crippen LogP contribution in [0.1, 0.15) is 5.82 Å². The van der Waals surface area contributed by atoms with E-state index in [0.717, 1.165) is 5.82 Å². The van der Waals surface area contributed by atoms with Gasteiger partial charge < -0.3 is 10.0 Å². The van der Waals surface area contributed by atoms with Gasteiger partial charge in [-0.15, -0.1) is 0 Å². The van der Waals surface area contributed by atoms with Gasteiger partial charge in [0.2, 0.25) is 0 Å². The molecule has 0 unspecified atom stereocenters. The molecule has 0 aliphatic rings. The molecule has 2 heterocycles. The van der Waals surface area contributed by atoms with Crippen LogP contribution in [0.4, 0.5) is 0 Å². The lowest BCUT2D eigenvalue weighted by Crippen LogP contribution is -2.30. The average molecular weight is 203 g/mol. The maximum Gasteiger partial charge on any atom is 0.488 e. The molecule has 0 bridgehead atoms. The number of hydrogen-bond acceptors (Lipinski definition) is 4. The molecule has 15 heavy (non-hydrogen) atoms. The summed E-state index contributed by atoms with van der Waals surface area (Å²) in [6.45, 7) is 1.85. The first-order valence-corrected chi connectivity index (χ1v) is 4.51. The third kappa shape index (κ3) is 1.90. The largest absolute Gasteiger partial charge is 0.488 e. The fourth-order valence-electron chi connectivity index (χ4n) is 1.35. The van der Waals surface area contributed by atoms with Crippen LogP contribution in [0.2, 0.25) is 0 Å². The molecule has 0 fully saturated rings. The molecule has 2 aromatic rings. The second-order valence-electron chi connectivity index (χ2n) is 3.17. The van der Waals surface area contributed by atoms with Crippen molar-refractivity contribution in [1.29, 1.82) is 0 Å². The SMILES string of the molecule is Cc1nccn1-c1cc(B(O)O)ccn1. The molecule has 0 aromatic carbocycles. The summed E-state index contributed by atoms with van der Waals surface area (Å²) in [6.07, 6.45) is 4.97. The normalized spacial score (nSPS) is 10.3. The number of hydrogen-bond donors (Lipinski definition) is 2. The van der Waals surface area contributed by atoms with Gasteiger partial charge in [-0.25, -0.2) is 9.97 Å². The molecule has 0 aliphatic carbocycles. The summed E-state index contributed by atoms with van der Waals surface area (Å²) in [6, 6.07) is 3.17. The Morgan fingerprint density at radius 3 is 2.67 bits per heavy atom. The summed E-state index contributed by atoms with van der Waals surface area (Å²) >= 11 is 0. The number of aryl methyl sites for hydroxylation is 1. The Kier molecular flexibility index (Phi) is 2.53. The van der Waals surface area contributed by atoms with Crippen molar-refractivity contribution in [3.63, 3.8) is 0 Å². The highest BCUT2D eigenvalue weighted by Gasteiger charge is 2.12. The van der Waals surface area contributed by atoms with E-state index in [1.165, 1.54) is 6.20 Å². The van der Waals surface area contributed by atoms with Gasteiger partial charge in [0.25, 0.3) is 0 Å². The van der Waals surface area contributed by atoms with Crippen molar-refractivity contribution < 1.29 is 10.0 Å². The lowest BCUT2D eigenvalue weighted by Gasteiger charge is -2.05. The molecule has 0 spiro atoms. The van der Waals surface area contributed by atoms with E-state index in [9.17, 15) is 0 Å². The highest BCUT2D eigenvalue weighted by Crippen LogP contribution is 2.04. The third-order valence-corrected chi connectivity index (χ3v) is 2.14. The van der Waals surface area contributed by atoms with Crippen LogP contribution in [-0.4, -0.2) is 31.7 Å². The summed E-state index contributed by atoms with van der Waals surface area (Å²) < 4.78 is 1.77. The van der Waals surface area contributed by atoms with Crippen LogP contribution in [0.5, 0.6) is 0 Å². The van der Waals surface area contributed by atoms with Crippen molar-refractivity contribution in [3.8, 4) is 5.82 Å². The Morgan fingerprint density at radius 1 is 1.27 bits per heavy atom. The molecule has 2 aromatic heterocycles. The van der Waals surface area contributed by atoms with Gasteiger partial charge in [-0.2, -0.15) is 0 Å². The first-order valence-electron chi connectivity index (χ1n) is 4.51. The van der Waals surface area contributed by atoms with Crippen molar-refractivity contribution in [1.82, 2.24) is 14.5 Å². The molecule has 0 saturated carbocycles. The number of rotatable bonds is 2. The van der Waals surface area contributed by atoms with E-state index < -0.39 is 7.12 Å². The average Bonchev–Trinajstić information content (AvgIpc) is 2.64. The van der Waals surface area contributed by atoms with Crippen LogP contribution >= 0.6 is 0 Å². The number of pyridine rings is 1. The van der Waals surface area contributed by atoms with Gasteiger partial charge in [-0.05, 0) is 24.5 Å². The minimum atomic E-state index is -1.48. The first-order chi connectivity index (χ1) is 7.18. The zero-order valence-electron chi connectivity index (χ0n) is 8.20. The maximum atomic E-state index is 9.02. The second kappa shape index (κ2) is 3.84. The van der Waals surface area contributed by atoms with E-state index in [1.807, 2.05) is 6.92 Å². The predicted octanol–water partition coefficient (Wildman–Crippen LogP) is -0.744. The second-order valence-corrected chi connectivity index (χ2v) is 3.17. The zero-order chi connectivity index (χ0) is 10.8. The van der Waals surface area contributed by atoms with E-state index in [1.54, 1.807) is 29.1 Å². The lowest BCUT2D eigenvalue weighted by molar-refractivity contribution is 0.425. The van der Waals surface area contributed by atoms with Crippen LogP contribution in [0.25, 0.3) is 5.82 Å². The van der Waals surface area contributed by atoms with Crippen LogP contribution in [-0.2, 0) is 0 Å². The fraction of sp³-hybridized carbons (Fsp3) is 0.111. The fourth-order valence-corrected chi connectivity index (χ4v) is 1.35. The Hall–Kier alpha value is -1.66. The van der Waals surface area contributed by atoms with E-state index >= 15 is 0 Å². The highest BCUT2D eigenvalue weighted by atomic mass is 16.4. The molecule has 2 N–H and O–H groups in total. The Balaban J connectivity index is 2.46. The molecule has 0 atom stereocenters. The van der Waals surface area contributed by atoms with E-state index in [-0.39, 0.29) is 0 Å². The summed E-state index contributed by atoms with van der Waals surface area (Å²) in [7, 11) is -1.48. The minimum Gasteiger partial charge on any atom is -0.423 e. The quantitative estimate of drug-likeness (QED) is 0.630. The summed E-state index contributed by atoms with van der Waals surface area (Å²) in [5.74, 6) is 1.42. The van der Waals surface area contributed by atoms with Crippen LogP contribution in [0.3, 0.4) is 0 Å². The molecular weight excluding hydrogens is 193 g/mol. The topological polar surface area (TPSA) is 71.2 Å². The Morgan fingerprint density at radius 2 is 2.07 bits per heavy atom. The lowest BCUT2D eigenvalue weighted by atomic mass is 9.81. The van der Waals surface area contributed by atoms with Crippen molar-refractivity contribution >= 4 is 12.6 Å². The van der Waals surface area contributed by atoms with E-state index in [0.29, 0.717) is 11.3 Å². The van der Waals surface area contributed by atoms with Crippen molar-refractivity contribution in [2.24, 2.45) is 0 Å². The van der Waals surface area contributed by atoms with Crippen molar-refractivity contribution in [2.45, 2.75) is 6.92 Å². The van der Waals surface area contributed by atoms with Gasteiger partial charge in [0.15, 0.2) is 0 Å². The van der Waals surface area contributed by atoms with Crippen LogP contribution in [0.15, 0.2) is 30.7 Å². The molecule has 76 valence electrons. The smallest absolute Gasteiger partial charge is 0.423 e. The van der Waals surface area contributed by atoms with Gasteiger partial charge in [0.05, 0.1) is 0 Å². The molecule has 0 amide bonds. The number of imidazole rings is 1. The highest BCUT2D eigenvalue weighted by molar-refractivity contribution is 6.58. The molecule has 0 aliphatic heterocycles. The van der Waals surface area contributed by atoms with Gasteiger partial charge in [-0.3, -0.25) is 4.57 Å². The first kappa shape index (κ1) is 9.88. The third-order valence-electron chi connectivity index (χ3n) is 2.14. The Labute approximate surface area is 87.2 Å². The monoisotopic (exact) mass is 203 g/mol. The summed E-state index contributed by atoms with van der Waals surface area (Å²) in [5, 5.41) is 18.0. The van der Waals surface area contributed by atoms with E-state index in [2.05, 4.69) is 9.97 Å². The maximum absolute atomic E-state index is 9.02. The van der Waals surface area contributed by atoms with Gasteiger partial charge >= 0.3 is 7.12 Å². The summed E-state index contributed by atoms with van der Waals surface area (Å²) in [4.78, 5) is 8.19. The molecular formula is C9H10BN3O2. The molecule has 5 nitrogen and oxygen atoms in total. The molecule has 6 heteroatoms. The molecule has 2 rings (SSSR count). The Bertz CT molecular complexity index is 470. The van der Waals surface area contributed by atoms with Crippen LogP contribution < -0.4 is 5.46 Å². The minimum absolute atomic E-state index is 0.410. The predicted molar refractivity (Wildman–Crippen MR) is 55.9 cm³/mol. The number of aromatic nitrogens is 3. The van der Waals surface area contributed by atoms with Crippen molar-refractivity contribution in [2.75, 3.05) is 0 Å². The molecule has 0 saturated heterocycles. The van der Waals surface area contributed by atoms with Gasteiger partial charge in [-0.1, -0.05) is 0 Å². The van der Waals surface area contributed by atoms with Gasteiger partial charge in [0, 0.05) is 18.6 Å². The van der Waals surface area contributed by atoms with Gasteiger partial charge in [0.1, 0.15) is 11.6 Å². The summed E-state index contributed by atoms with van der Waals surface area (Å²) in [5.41, 5.74) is 0.410. The van der Waals surface area contributed by atoms with Crippen LogP contribution in [0, 0.1) is 6.92 Å². The number of nitrogens with zero attached hydrogens (tertiary/aromatic N) is 3. The standard InChI is InChI=1S/C9H10BN3O2/c1-7-11-4-5-13(7)9-6-8(10(14)15)2-3-12-9/h2-6,14-15H,1H3. The molecule has 0 radical (unpaired) electrons.